The Labute approximate surface area is 81.4 Å². The molecule has 0 bridgehead atoms. The van der Waals surface area contributed by atoms with Crippen LogP contribution in [0.2, 0.25) is 0 Å². The lowest BCUT2D eigenvalue weighted by Crippen LogP contribution is -2.31. The van der Waals surface area contributed by atoms with Crippen LogP contribution in [0.5, 0.6) is 0 Å². The average molecular weight is 200 g/mol. The Bertz CT molecular complexity index is 267. The molecule has 0 amide bonds. The third kappa shape index (κ3) is 1.05. The van der Waals surface area contributed by atoms with Gasteiger partial charge in [0.1, 0.15) is 6.29 Å². The van der Waals surface area contributed by atoms with Gasteiger partial charge in [-0.25, -0.2) is 0 Å². The molecular formula is C9H12O5. The molecule has 0 aliphatic heterocycles. The van der Waals surface area contributed by atoms with Crippen molar-refractivity contribution >= 4 is 18.2 Å². The van der Waals surface area contributed by atoms with Crippen molar-refractivity contribution in [1.82, 2.24) is 0 Å². The quantitative estimate of drug-likeness (QED) is 0.358. The van der Waals surface area contributed by atoms with Crippen molar-refractivity contribution in [2.24, 2.45) is 17.3 Å². The van der Waals surface area contributed by atoms with Crippen LogP contribution in [-0.4, -0.2) is 32.4 Å². The molecule has 0 saturated heterocycles. The Balaban J connectivity index is 3.01. The molecule has 1 rings (SSSR count). The number of ether oxygens (including phenoxy) is 2. The van der Waals surface area contributed by atoms with Gasteiger partial charge in [0, 0.05) is 5.92 Å². The third-order valence-corrected chi connectivity index (χ3v) is 2.87. The molecule has 2 atom stereocenters. The van der Waals surface area contributed by atoms with Gasteiger partial charge < -0.3 is 14.3 Å². The first-order valence-corrected chi connectivity index (χ1v) is 4.19. The molecule has 14 heavy (non-hydrogen) atoms. The van der Waals surface area contributed by atoms with E-state index in [1.54, 1.807) is 6.92 Å². The minimum Gasteiger partial charge on any atom is -0.468 e. The molecule has 2 unspecified atom stereocenters. The van der Waals surface area contributed by atoms with Gasteiger partial charge in [0.15, 0.2) is 5.41 Å². The Hall–Kier alpha value is -1.39. The lowest BCUT2D eigenvalue weighted by Gasteiger charge is -2.11. The largest absolute Gasteiger partial charge is 0.468 e. The van der Waals surface area contributed by atoms with Gasteiger partial charge in [0.25, 0.3) is 0 Å². The first-order valence-electron chi connectivity index (χ1n) is 4.19. The summed E-state index contributed by atoms with van der Waals surface area (Å²) in [5.41, 5.74) is -1.40. The summed E-state index contributed by atoms with van der Waals surface area (Å²) in [5.74, 6) is -2.37. The fourth-order valence-electron chi connectivity index (χ4n) is 1.88. The van der Waals surface area contributed by atoms with Crippen LogP contribution >= 0.6 is 0 Å². The minimum atomic E-state index is -1.40. The molecule has 0 aromatic heterocycles. The van der Waals surface area contributed by atoms with Crippen molar-refractivity contribution < 1.29 is 23.9 Å². The summed E-state index contributed by atoms with van der Waals surface area (Å²) < 4.78 is 9.01. The minimum absolute atomic E-state index is 0.347. The molecule has 5 heteroatoms. The molecule has 5 nitrogen and oxygen atoms in total. The maximum Gasteiger partial charge on any atom is 0.324 e. The van der Waals surface area contributed by atoms with Crippen molar-refractivity contribution in [3.63, 3.8) is 0 Å². The first-order chi connectivity index (χ1) is 6.57. The van der Waals surface area contributed by atoms with Crippen LogP contribution in [0.4, 0.5) is 0 Å². The summed E-state index contributed by atoms with van der Waals surface area (Å²) in [7, 11) is 2.36. The van der Waals surface area contributed by atoms with E-state index >= 15 is 0 Å². The zero-order valence-corrected chi connectivity index (χ0v) is 8.27. The van der Waals surface area contributed by atoms with Gasteiger partial charge >= 0.3 is 11.9 Å². The highest BCUT2D eigenvalue weighted by Crippen LogP contribution is 2.58. The van der Waals surface area contributed by atoms with E-state index < -0.39 is 23.3 Å². The van der Waals surface area contributed by atoms with E-state index in [-0.39, 0.29) is 5.92 Å². The average Bonchev–Trinajstić information content (AvgIpc) is 2.82. The van der Waals surface area contributed by atoms with Gasteiger partial charge in [-0.05, 0) is 5.92 Å². The van der Waals surface area contributed by atoms with Crippen molar-refractivity contribution in [2.75, 3.05) is 14.2 Å². The number of methoxy groups -OCH3 is 2. The zero-order chi connectivity index (χ0) is 10.9. The number of hydrogen-bond donors (Lipinski definition) is 0. The standard InChI is InChI=1S/C9H12O5/c1-5-6(4-10)9(5,7(11)13-2)8(12)14-3/h4-6H,1-3H3. The molecule has 0 heterocycles. The van der Waals surface area contributed by atoms with Gasteiger partial charge in [-0.1, -0.05) is 6.92 Å². The van der Waals surface area contributed by atoms with Crippen LogP contribution in [0.25, 0.3) is 0 Å². The van der Waals surface area contributed by atoms with Crippen LogP contribution in [0.3, 0.4) is 0 Å². The fraction of sp³-hybridized carbons (Fsp3) is 0.667. The molecule has 0 aromatic rings. The van der Waals surface area contributed by atoms with Crippen LogP contribution in [0.15, 0.2) is 0 Å². The number of hydrogen-bond acceptors (Lipinski definition) is 5. The second-order valence-corrected chi connectivity index (χ2v) is 3.30. The van der Waals surface area contributed by atoms with E-state index in [9.17, 15) is 14.4 Å². The van der Waals surface area contributed by atoms with Gasteiger partial charge in [0.2, 0.25) is 0 Å². The molecule has 0 spiro atoms. The summed E-state index contributed by atoms with van der Waals surface area (Å²) in [6.07, 6.45) is 0.596. The molecular weight excluding hydrogens is 188 g/mol. The van der Waals surface area contributed by atoms with Crippen molar-refractivity contribution in [1.29, 1.82) is 0 Å². The Kier molecular flexibility index (Phi) is 2.59. The summed E-state index contributed by atoms with van der Waals surface area (Å²) in [6, 6.07) is 0. The molecule has 1 fully saturated rings. The Morgan fingerprint density at radius 3 is 1.86 bits per heavy atom. The van der Waals surface area contributed by atoms with Gasteiger partial charge in [0.05, 0.1) is 14.2 Å². The number of aldehydes is 1. The molecule has 1 saturated carbocycles. The maximum absolute atomic E-state index is 11.4. The number of rotatable bonds is 3. The van der Waals surface area contributed by atoms with E-state index in [1.165, 1.54) is 14.2 Å². The second kappa shape index (κ2) is 3.40. The number of carbonyl (C=O) groups is 3. The maximum atomic E-state index is 11.4. The van der Waals surface area contributed by atoms with E-state index in [0.717, 1.165) is 0 Å². The molecule has 1 aliphatic carbocycles. The van der Waals surface area contributed by atoms with Gasteiger partial charge in [-0.2, -0.15) is 0 Å². The zero-order valence-electron chi connectivity index (χ0n) is 8.27. The molecule has 0 radical (unpaired) electrons. The fourth-order valence-corrected chi connectivity index (χ4v) is 1.88. The summed E-state index contributed by atoms with van der Waals surface area (Å²) >= 11 is 0. The Morgan fingerprint density at radius 1 is 1.21 bits per heavy atom. The number of esters is 2. The predicted molar refractivity (Wildman–Crippen MR) is 45.2 cm³/mol. The normalized spacial score (nSPS) is 27.6. The SMILES string of the molecule is COC(=O)C1(C(=O)OC)C(C)C1C=O. The van der Waals surface area contributed by atoms with Crippen LogP contribution in [0, 0.1) is 17.3 Å². The lowest BCUT2D eigenvalue weighted by atomic mass is 10.0. The van der Waals surface area contributed by atoms with Gasteiger partial charge in [-0.3, -0.25) is 9.59 Å². The van der Waals surface area contributed by atoms with Crippen LogP contribution in [0.1, 0.15) is 6.92 Å². The van der Waals surface area contributed by atoms with Crippen molar-refractivity contribution in [3.05, 3.63) is 0 Å². The van der Waals surface area contributed by atoms with Crippen molar-refractivity contribution in [3.8, 4) is 0 Å². The highest BCUT2D eigenvalue weighted by atomic mass is 16.5. The summed E-state index contributed by atoms with van der Waals surface area (Å²) in [6.45, 7) is 1.65. The van der Waals surface area contributed by atoms with Crippen LogP contribution in [-0.2, 0) is 23.9 Å². The topological polar surface area (TPSA) is 69.7 Å². The van der Waals surface area contributed by atoms with E-state index in [2.05, 4.69) is 9.47 Å². The van der Waals surface area contributed by atoms with E-state index in [1.807, 2.05) is 0 Å². The Morgan fingerprint density at radius 2 is 1.64 bits per heavy atom. The third-order valence-electron chi connectivity index (χ3n) is 2.87. The summed E-state index contributed by atoms with van der Waals surface area (Å²) in [4.78, 5) is 33.4. The van der Waals surface area contributed by atoms with E-state index in [0.29, 0.717) is 6.29 Å². The molecule has 0 aromatic carbocycles. The monoisotopic (exact) mass is 200 g/mol. The van der Waals surface area contributed by atoms with Crippen molar-refractivity contribution in [2.45, 2.75) is 6.92 Å². The molecule has 1 aliphatic rings. The smallest absolute Gasteiger partial charge is 0.324 e. The predicted octanol–water partition coefficient (Wildman–Crippen LogP) is -0.216. The second-order valence-electron chi connectivity index (χ2n) is 3.30. The first kappa shape index (κ1) is 10.7. The molecule has 0 N–H and O–H groups in total. The molecule has 78 valence electrons. The highest BCUT2D eigenvalue weighted by molar-refractivity contribution is 6.07. The van der Waals surface area contributed by atoms with Gasteiger partial charge in [-0.15, -0.1) is 0 Å². The van der Waals surface area contributed by atoms with Crippen LogP contribution < -0.4 is 0 Å². The highest BCUT2D eigenvalue weighted by Gasteiger charge is 2.74. The van der Waals surface area contributed by atoms with E-state index in [4.69, 9.17) is 0 Å². The summed E-state index contributed by atoms with van der Waals surface area (Å²) in [5, 5.41) is 0. The lowest BCUT2D eigenvalue weighted by molar-refractivity contribution is -0.163. The number of carbonyl (C=O) groups excluding carboxylic acids is 3.